The fourth-order valence-corrected chi connectivity index (χ4v) is 4.54. The van der Waals surface area contributed by atoms with Crippen molar-refractivity contribution in [2.75, 3.05) is 0 Å². The number of carbonyl (C=O) groups excluding carboxylic acids is 1. The predicted octanol–water partition coefficient (Wildman–Crippen LogP) is 3.50. The molecule has 2 aromatic carbocycles. The normalized spacial score (nSPS) is 11.3. The number of fused-ring (bicyclic) bond motifs is 1. The molecular weight excluding hydrogens is 442 g/mol. The van der Waals surface area contributed by atoms with Crippen molar-refractivity contribution in [2.45, 2.75) is 11.3 Å². The molecule has 2 N–H and O–H groups in total. The topological polar surface area (TPSA) is 103 Å². The number of aromatic nitrogens is 1. The number of nitriles is 1. The fraction of sp³-hybridized carbons (Fsp3) is 0.0588. The first kappa shape index (κ1) is 18.5. The molecule has 3 rings (SSSR count). The number of nitrogens with zero attached hydrogens (tertiary/aromatic N) is 1. The van der Waals surface area contributed by atoms with Crippen LogP contribution in [-0.4, -0.2) is 19.3 Å². The maximum Gasteiger partial charge on any atom is 0.264 e. The number of nitrogens with one attached hydrogen (secondary N) is 2. The molecule has 0 spiro atoms. The second-order valence-electron chi connectivity index (χ2n) is 5.47. The molecule has 26 heavy (non-hydrogen) atoms. The summed E-state index contributed by atoms with van der Waals surface area (Å²) in [5, 5.41) is 10.1. The second kappa shape index (κ2) is 7.11. The Morgan fingerprint density at radius 2 is 2.08 bits per heavy atom. The van der Waals surface area contributed by atoms with Gasteiger partial charge in [0.25, 0.3) is 10.0 Å². The first-order valence-corrected chi connectivity index (χ1v) is 9.96. The number of sulfonamides is 1. The van der Waals surface area contributed by atoms with Gasteiger partial charge in [0.05, 0.1) is 28.0 Å². The molecule has 1 heterocycles. The minimum absolute atomic E-state index is 0.163. The third kappa shape index (κ3) is 3.75. The van der Waals surface area contributed by atoms with Crippen LogP contribution in [0.3, 0.4) is 0 Å². The summed E-state index contributed by atoms with van der Waals surface area (Å²) < 4.78 is 27.3. The highest BCUT2D eigenvalue weighted by Gasteiger charge is 2.20. The van der Waals surface area contributed by atoms with Gasteiger partial charge in [-0.05, 0) is 35.9 Å². The molecule has 0 aliphatic carbocycles. The zero-order chi connectivity index (χ0) is 18.9. The van der Waals surface area contributed by atoms with Crippen molar-refractivity contribution in [3.05, 3.63) is 63.2 Å². The van der Waals surface area contributed by atoms with E-state index in [1.807, 2.05) is 16.9 Å². The molecule has 0 unspecified atom stereocenters. The highest BCUT2D eigenvalue weighted by Crippen LogP contribution is 2.27. The Hall–Kier alpha value is -2.34. The van der Waals surface area contributed by atoms with Crippen molar-refractivity contribution in [1.29, 1.82) is 5.26 Å². The Morgan fingerprint density at radius 1 is 1.31 bits per heavy atom. The lowest BCUT2D eigenvalue weighted by Gasteiger charge is -2.08. The summed E-state index contributed by atoms with van der Waals surface area (Å²) in [5.74, 6) is -0.704. The van der Waals surface area contributed by atoms with E-state index in [1.165, 1.54) is 18.2 Å². The molecule has 0 fully saturated rings. The standard InChI is InChI=1S/C17H11BrClN3O3S/c18-12-4-10(8-20)5-13(7-12)26(24,25)22-16(23)6-11-9-21-15-3-1-2-14(19)17(11)15/h1-5,7,9,21H,6H2,(H,22,23). The number of aromatic amines is 1. The van der Waals surface area contributed by atoms with Crippen LogP contribution in [0.2, 0.25) is 5.02 Å². The van der Waals surface area contributed by atoms with Crippen molar-refractivity contribution in [2.24, 2.45) is 0 Å². The third-order valence-electron chi connectivity index (χ3n) is 3.65. The molecular formula is C17H11BrClN3O3S. The van der Waals surface area contributed by atoms with Gasteiger partial charge in [-0.3, -0.25) is 4.79 Å². The first-order chi connectivity index (χ1) is 12.3. The number of H-pyrrole nitrogens is 1. The van der Waals surface area contributed by atoms with Gasteiger partial charge < -0.3 is 4.98 Å². The third-order valence-corrected chi connectivity index (χ3v) is 5.77. The Morgan fingerprint density at radius 3 is 2.81 bits per heavy atom. The van der Waals surface area contributed by atoms with Crippen molar-refractivity contribution in [1.82, 2.24) is 9.71 Å². The number of hydrogen-bond donors (Lipinski definition) is 2. The van der Waals surface area contributed by atoms with Gasteiger partial charge in [-0.2, -0.15) is 5.26 Å². The lowest BCUT2D eigenvalue weighted by molar-refractivity contribution is -0.118. The van der Waals surface area contributed by atoms with Crippen LogP contribution in [0.25, 0.3) is 10.9 Å². The van der Waals surface area contributed by atoms with E-state index >= 15 is 0 Å². The minimum Gasteiger partial charge on any atom is -0.361 e. The van der Waals surface area contributed by atoms with Crippen molar-refractivity contribution < 1.29 is 13.2 Å². The lowest BCUT2D eigenvalue weighted by Crippen LogP contribution is -2.31. The van der Waals surface area contributed by atoms with Gasteiger partial charge in [-0.1, -0.05) is 33.6 Å². The van der Waals surface area contributed by atoms with E-state index in [4.69, 9.17) is 16.9 Å². The minimum atomic E-state index is -4.11. The SMILES string of the molecule is N#Cc1cc(Br)cc(S(=O)(=O)NC(=O)Cc2c[nH]c3cccc(Cl)c23)c1. The van der Waals surface area contributed by atoms with E-state index in [1.54, 1.807) is 18.3 Å². The summed E-state index contributed by atoms with van der Waals surface area (Å²) in [6.07, 6.45) is 1.46. The number of hydrogen-bond acceptors (Lipinski definition) is 4. The Balaban J connectivity index is 1.85. The summed E-state index contributed by atoms with van der Waals surface area (Å²) in [7, 11) is -4.11. The van der Waals surface area contributed by atoms with Crippen LogP contribution in [-0.2, 0) is 21.2 Å². The van der Waals surface area contributed by atoms with Crippen LogP contribution in [0.15, 0.2) is 52.0 Å². The number of halogens is 2. The van der Waals surface area contributed by atoms with E-state index in [0.29, 0.717) is 20.4 Å². The average molecular weight is 453 g/mol. The number of rotatable bonds is 4. The molecule has 0 aliphatic heterocycles. The van der Waals surface area contributed by atoms with Crippen LogP contribution in [0.4, 0.5) is 0 Å². The van der Waals surface area contributed by atoms with Crippen molar-refractivity contribution in [3.8, 4) is 6.07 Å². The maximum absolute atomic E-state index is 12.4. The maximum atomic E-state index is 12.4. The molecule has 1 amide bonds. The van der Waals surface area contributed by atoms with Crippen LogP contribution in [0.1, 0.15) is 11.1 Å². The zero-order valence-electron chi connectivity index (χ0n) is 13.1. The first-order valence-electron chi connectivity index (χ1n) is 7.31. The van der Waals surface area contributed by atoms with E-state index in [-0.39, 0.29) is 16.9 Å². The molecule has 0 saturated carbocycles. The van der Waals surface area contributed by atoms with Gasteiger partial charge in [0.2, 0.25) is 5.91 Å². The summed E-state index contributed by atoms with van der Waals surface area (Å²) in [4.78, 5) is 15.1. The van der Waals surface area contributed by atoms with Gasteiger partial charge in [-0.25, -0.2) is 13.1 Å². The average Bonchev–Trinajstić information content (AvgIpc) is 2.98. The van der Waals surface area contributed by atoms with Crippen LogP contribution in [0, 0.1) is 11.3 Å². The molecule has 0 saturated heterocycles. The van der Waals surface area contributed by atoms with Crippen LogP contribution >= 0.6 is 27.5 Å². The molecule has 0 aliphatic rings. The highest BCUT2D eigenvalue weighted by atomic mass is 79.9. The quantitative estimate of drug-likeness (QED) is 0.632. The summed E-state index contributed by atoms with van der Waals surface area (Å²) in [6, 6.07) is 11.1. The van der Waals surface area contributed by atoms with Gasteiger partial charge in [0.15, 0.2) is 0 Å². The number of amides is 1. The van der Waals surface area contributed by atoms with Crippen molar-refractivity contribution >= 4 is 54.4 Å². The van der Waals surface area contributed by atoms with Gasteiger partial charge in [0.1, 0.15) is 0 Å². The molecule has 6 nitrogen and oxygen atoms in total. The number of carbonyl (C=O) groups is 1. The van der Waals surface area contributed by atoms with Gasteiger partial charge in [-0.15, -0.1) is 0 Å². The lowest BCUT2D eigenvalue weighted by atomic mass is 10.1. The van der Waals surface area contributed by atoms with E-state index in [9.17, 15) is 13.2 Å². The van der Waals surface area contributed by atoms with E-state index < -0.39 is 15.9 Å². The Bertz CT molecular complexity index is 1170. The summed E-state index contributed by atoms with van der Waals surface area (Å²) >= 11 is 9.31. The van der Waals surface area contributed by atoms with Crippen LogP contribution < -0.4 is 4.72 Å². The van der Waals surface area contributed by atoms with E-state index in [0.717, 1.165) is 5.52 Å². The summed E-state index contributed by atoms with van der Waals surface area (Å²) in [6.45, 7) is 0. The molecule has 0 radical (unpaired) electrons. The largest absolute Gasteiger partial charge is 0.361 e. The van der Waals surface area contributed by atoms with E-state index in [2.05, 4.69) is 20.9 Å². The molecule has 0 atom stereocenters. The highest BCUT2D eigenvalue weighted by molar-refractivity contribution is 9.10. The predicted molar refractivity (Wildman–Crippen MR) is 101 cm³/mol. The fourth-order valence-electron chi connectivity index (χ4n) is 2.55. The Kier molecular flexibility index (Phi) is 5.05. The van der Waals surface area contributed by atoms with Gasteiger partial charge >= 0.3 is 0 Å². The smallest absolute Gasteiger partial charge is 0.264 e. The molecule has 9 heteroatoms. The molecule has 1 aromatic heterocycles. The monoisotopic (exact) mass is 451 g/mol. The molecule has 0 bridgehead atoms. The molecule has 3 aromatic rings. The summed E-state index contributed by atoms with van der Waals surface area (Å²) in [5.41, 5.74) is 1.51. The Labute approximate surface area is 163 Å². The van der Waals surface area contributed by atoms with Gasteiger partial charge in [0, 0.05) is 21.6 Å². The molecule has 132 valence electrons. The second-order valence-corrected chi connectivity index (χ2v) is 8.47. The number of benzene rings is 2. The zero-order valence-corrected chi connectivity index (χ0v) is 16.2. The van der Waals surface area contributed by atoms with Crippen molar-refractivity contribution in [3.63, 3.8) is 0 Å². The van der Waals surface area contributed by atoms with Crippen LogP contribution in [0.5, 0.6) is 0 Å².